The molecule has 3 aliphatic rings. The Balaban J connectivity index is 1.48. The summed E-state index contributed by atoms with van der Waals surface area (Å²) < 4.78 is 5.98. The second kappa shape index (κ2) is 8.45. The molecule has 6 nitrogen and oxygen atoms in total. The number of para-hydroxylation sites is 1. The molecule has 0 aliphatic carbocycles. The summed E-state index contributed by atoms with van der Waals surface area (Å²) in [5, 5.41) is 0. The van der Waals surface area contributed by atoms with Crippen LogP contribution in [0.5, 0.6) is 5.75 Å². The van der Waals surface area contributed by atoms with E-state index in [0.717, 1.165) is 16.8 Å². The van der Waals surface area contributed by atoms with E-state index in [2.05, 4.69) is 15.9 Å². The molecule has 0 aromatic heterocycles. The number of hydrogen-bond donors (Lipinski definition) is 0. The van der Waals surface area contributed by atoms with E-state index in [0.29, 0.717) is 21.5 Å². The fourth-order valence-electron chi connectivity index (χ4n) is 5.75. The number of benzene rings is 3. The Morgan fingerprint density at radius 3 is 2.39 bits per heavy atom. The molecule has 7 heteroatoms. The highest BCUT2D eigenvalue weighted by Crippen LogP contribution is 2.50. The van der Waals surface area contributed by atoms with E-state index >= 15 is 0 Å². The molecule has 2 fully saturated rings. The third-order valence-corrected chi connectivity index (χ3v) is 8.03. The summed E-state index contributed by atoms with van der Waals surface area (Å²) in [7, 11) is 1.56. The normalized spacial score (nSPS) is 24.0. The SMILES string of the molecule is COc1ccc(C(=O)[C@@H]2[C@@H]3C(=O)N(c4ccc(C)cc4)C(=O)[C@H]3[C@@H]3C=Cc4ccccc4N23)cc1Br. The monoisotopic (exact) mass is 542 g/mol. The van der Waals surface area contributed by atoms with Crippen molar-refractivity contribution in [1.82, 2.24) is 0 Å². The Hall–Kier alpha value is -3.71. The molecule has 0 N–H and O–H groups in total. The van der Waals surface area contributed by atoms with Crippen molar-refractivity contribution in [3.8, 4) is 5.75 Å². The second-order valence-corrected chi connectivity index (χ2v) is 10.2. The van der Waals surface area contributed by atoms with Crippen LogP contribution in [0.1, 0.15) is 21.5 Å². The van der Waals surface area contributed by atoms with Crippen LogP contribution in [-0.2, 0) is 9.59 Å². The quantitative estimate of drug-likeness (QED) is 0.341. The van der Waals surface area contributed by atoms with Gasteiger partial charge in [-0.15, -0.1) is 0 Å². The maximum atomic E-state index is 14.1. The molecule has 3 aromatic carbocycles. The smallest absolute Gasteiger partial charge is 0.240 e. The first-order valence-corrected chi connectivity index (χ1v) is 12.6. The molecule has 180 valence electrons. The molecule has 3 heterocycles. The van der Waals surface area contributed by atoms with Gasteiger partial charge in [0.15, 0.2) is 5.78 Å². The molecule has 6 rings (SSSR count). The van der Waals surface area contributed by atoms with Crippen molar-refractivity contribution < 1.29 is 19.1 Å². The molecule has 2 saturated heterocycles. The summed E-state index contributed by atoms with van der Waals surface area (Å²) in [6.45, 7) is 1.95. The van der Waals surface area contributed by atoms with Crippen LogP contribution in [0.4, 0.5) is 11.4 Å². The van der Waals surface area contributed by atoms with Gasteiger partial charge in [-0.1, -0.05) is 48.0 Å². The number of amides is 2. The Morgan fingerprint density at radius 1 is 0.944 bits per heavy atom. The standard InChI is InChI=1S/C29H23BrN2O4/c1-16-7-11-19(12-8-16)31-28(34)24-22-13-9-17-5-3-4-6-21(17)32(22)26(25(24)29(31)35)27(33)18-10-14-23(36-2)20(30)15-18/h3-15,22,24-26H,1-2H3/t22-,24-,25+,26-/m0/s1. The van der Waals surface area contributed by atoms with E-state index < -0.39 is 23.9 Å². The second-order valence-electron chi connectivity index (χ2n) is 9.37. The van der Waals surface area contributed by atoms with Gasteiger partial charge in [0.25, 0.3) is 0 Å². The number of Topliss-reactive ketones (excluding diaryl/α,β-unsaturated/α-hetero) is 1. The van der Waals surface area contributed by atoms with Crippen molar-refractivity contribution in [2.24, 2.45) is 11.8 Å². The minimum atomic E-state index is -0.821. The zero-order valence-electron chi connectivity index (χ0n) is 19.7. The first kappa shape index (κ1) is 22.7. The summed E-state index contributed by atoms with van der Waals surface area (Å²) in [6.07, 6.45) is 3.94. The lowest BCUT2D eigenvalue weighted by Crippen LogP contribution is -2.48. The maximum absolute atomic E-state index is 14.1. The Labute approximate surface area is 217 Å². The first-order chi connectivity index (χ1) is 17.4. The molecule has 3 aromatic rings. The molecule has 0 saturated carbocycles. The minimum Gasteiger partial charge on any atom is -0.496 e. The molecular formula is C29H23BrN2O4. The van der Waals surface area contributed by atoms with Crippen molar-refractivity contribution in [2.75, 3.05) is 16.9 Å². The number of fused-ring (bicyclic) bond motifs is 5. The number of carbonyl (C=O) groups is 3. The van der Waals surface area contributed by atoms with E-state index in [-0.39, 0.29) is 17.6 Å². The first-order valence-electron chi connectivity index (χ1n) is 11.8. The molecule has 36 heavy (non-hydrogen) atoms. The lowest BCUT2D eigenvalue weighted by Gasteiger charge is -2.36. The summed E-state index contributed by atoms with van der Waals surface area (Å²) >= 11 is 3.47. The van der Waals surface area contributed by atoms with Crippen molar-refractivity contribution in [2.45, 2.75) is 19.0 Å². The number of methoxy groups -OCH3 is 1. The van der Waals surface area contributed by atoms with Crippen LogP contribution in [0.15, 0.2) is 77.3 Å². The summed E-state index contributed by atoms with van der Waals surface area (Å²) in [5.74, 6) is -1.64. The van der Waals surface area contributed by atoms with E-state index in [4.69, 9.17) is 4.74 Å². The van der Waals surface area contributed by atoms with Gasteiger partial charge in [0.1, 0.15) is 11.8 Å². The number of ether oxygens (including phenoxy) is 1. The number of aryl methyl sites for hydroxylation is 1. The third-order valence-electron chi connectivity index (χ3n) is 7.41. The molecule has 0 bridgehead atoms. The van der Waals surface area contributed by atoms with Crippen LogP contribution in [0.25, 0.3) is 6.08 Å². The molecule has 0 spiro atoms. The number of imide groups is 1. The predicted octanol–water partition coefficient (Wildman–Crippen LogP) is 5.04. The zero-order valence-corrected chi connectivity index (χ0v) is 21.3. The lowest BCUT2D eigenvalue weighted by atomic mass is 9.86. The Bertz CT molecular complexity index is 1450. The van der Waals surface area contributed by atoms with Crippen molar-refractivity contribution in [3.05, 3.63) is 94.0 Å². The molecule has 3 aliphatic heterocycles. The molecule has 4 atom stereocenters. The Kier molecular flexibility index (Phi) is 5.34. The van der Waals surface area contributed by atoms with Crippen LogP contribution >= 0.6 is 15.9 Å². The van der Waals surface area contributed by atoms with Gasteiger partial charge in [-0.2, -0.15) is 0 Å². The Morgan fingerprint density at radius 2 is 1.67 bits per heavy atom. The van der Waals surface area contributed by atoms with Gasteiger partial charge in [-0.3, -0.25) is 14.4 Å². The van der Waals surface area contributed by atoms with Gasteiger partial charge in [0, 0.05) is 11.3 Å². The largest absolute Gasteiger partial charge is 0.496 e. The van der Waals surface area contributed by atoms with E-state index in [1.807, 2.05) is 60.4 Å². The van der Waals surface area contributed by atoms with E-state index in [1.54, 1.807) is 37.4 Å². The number of carbonyl (C=O) groups excluding carboxylic acids is 3. The number of hydrogen-bond acceptors (Lipinski definition) is 5. The van der Waals surface area contributed by atoms with Gasteiger partial charge in [0.2, 0.25) is 11.8 Å². The fourth-order valence-corrected chi connectivity index (χ4v) is 6.29. The van der Waals surface area contributed by atoms with E-state index in [9.17, 15) is 14.4 Å². The van der Waals surface area contributed by atoms with Gasteiger partial charge in [-0.25, -0.2) is 4.90 Å². The molecular weight excluding hydrogens is 520 g/mol. The van der Waals surface area contributed by atoms with Crippen LogP contribution in [0.3, 0.4) is 0 Å². The van der Waals surface area contributed by atoms with Crippen molar-refractivity contribution >= 4 is 51.0 Å². The van der Waals surface area contributed by atoms with Crippen LogP contribution in [0, 0.1) is 18.8 Å². The molecule has 2 amide bonds. The van der Waals surface area contributed by atoms with Gasteiger partial charge >= 0.3 is 0 Å². The maximum Gasteiger partial charge on any atom is 0.240 e. The highest BCUT2D eigenvalue weighted by Gasteiger charge is 2.64. The number of anilines is 2. The third kappa shape index (κ3) is 3.26. The average Bonchev–Trinajstić information content (AvgIpc) is 3.37. The summed E-state index contributed by atoms with van der Waals surface area (Å²) in [5.41, 5.74) is 3.84. The predicted molar refractivity (Wildman–Crippen MR) is 141 cm³/mol. The molecule has 0 unspecified atom stereocenters. The topological polar surface area (TPSA) is 66.9 Å². The van der Waals surface area contributed by atoms with Crippen molar-refractivity contribution in [1.29, 1.82) is 0 Å². The summed E-state index contributed by atoms with van der Waals surface area (Å²) in [4.78, 5) is 45.1. The highest BCUT2D eigenvalue weighted by molar-refractivity contribution is 9.10. The number of ketones is 1. The number of halogens is 1. The van der Waals surface area contributed by atoms with E-state index in [1.165, 1.54) is 4.90 Å². The van der Waals surface area contributed by atoms with Gasteiger partial charge in [0.05, 0.1) is 35.1 Å². The summed E-state index contributed by atoms with van der Waals surface area (Å²) in [6, 6.07) is 19.0. The lowest BCUT2D eigenvalue weighted by molar-refractivity contribution is -0.122. The average molecular weight is 543 g/mol. The fraction of sp³-hybridized carbons (Fsp3) is 0.207. The minimum absolute atomic E-state index is 0.201. The number of rotatable bonds is 4. The van der Waals surface area contributed by atoms with Gasteiger partial charge < -0.3 is 9.64 Å². The number of nitrogens with zero attached hydrogens (tertiary/aromatic N) is 2. The van der Waals surface area contributed by atoms with Crippen LogP contribution in [0.2, 0.25) is 0 Å². The van der Waals surface area contributed by atoms with Crippen LogP contribution < -0.4 is 14.5 Å². The van der Waals surface area contributed by atoms with Crippen molar-refractivity contribution in [3.63, 3.8) is 0 Å². The van der Waals surface area contributed by atoms with Crippen LogP contribution in [-0.4, -0.2) is 36.8 Å². The highest BCUT2D eigenvalue weighted by atomic mass is 79.9. The molecule has 0 radical (unpaired) electrons. The zero-order chi connectivity index (χ0) is 25.1. The van der Waals surface area contributed by atoms with Gasteiger partial charge in [-0.05, 0) is 64.8 Å².